The first kappa shape index (κ1) is 22.8. The van der Waals surface area contributed by atoms with Crippen molar-refractivity contribution in [1.29, 1.82) is 0 Å². The van der Waals surface area contributed by atoms with E-state index < -0.39 is 0 Å². The Morgan fingerprint density at radius 1 is 0.906 bits per heavy atom. The minimum absolute atomic E-state index is 0.0354. The summed E-state index contributed by atoms with van der Waals surface area (Å²) < 4.78 is 6.62. The average Bonchev–Trinajstić information content (AvgIpc) is 2.87. The Labute approximate surface area is 192 Å². The van der Waals surface area contributed by atoms with Crippen molar-refractivity contribution in [2.24, 2.45) is 0 Å². The van der Waals surface area contributed by atoms with Gasteiger partial charge in [-0.05, 0) is 62.9 Å². The standard InChI is InChI=1S/C27H37N3O2/c31-27(28-17-11-20-29-18-8-3-9-19-29)30-21-10-16-25(22-30)32-26(23-12-4-1-5-13-23)24-14-6-2-7-15-24/h1-2,4-7,12-15,25-26H,3,8-11,16-22H2,(H,28,31). The Hall–Kier alpha value is -2.37. The number of amides is 2. The van der Waals surface area contributed by atoms with Gasteiger partial charge in [0.1, 0.15) is 6.10 Å². The summed E-state index contributed by atoms with van der Waals surface area (Å²) in [6.45, 7) is 5.70. The lowest BCUT2D eigenvalue weighted by atomic mass is 10.0. The molecular formula is C27H37N3O2. The van der Waals surface area contributed by atoms with Gasteiger partial charge in [-0.25, -0.2) is 4.79 Å². The van der Waals surface area contributed by atoms with Crippen LogP contribution in [0.1, 0.15) is 55.8 Å². The van der Waals surface area contributed by atoms with Crippen LogP contribution in [0.5, 0.6) is 0 Å². The Bertz CT molecular complexity index is 769. The first-order valence-electron chi connectivity index (χ1n) is 12.3. The minimum atomic E-state index is -0.116. The van der Waals surface area contributed by atoms with Gasteiger partial charge in [-0.1, -0.05) is 67.1 Å². The summed E-state index contributed by atoms with van der Waals surface area (Å²) in [5.74, 6) is 0. The van der Waals surface area contributed by atoms with Gasteiger partial charge in [0.2, 0.25) is 0 Å². The van der Waals surface area contributed by atoms with Crippen LogP contribution in [0.25, 0.3) is 0 Å². The van der Waals surface area contributed by atoms with Crippen LogP contribution in [-0.2, 0) is 4.74 Å². The van der Waals surface area contributed by atoms with E-state index in [9.17, 15) is 4.79 Å². The molecule has 5 heteroatoms. The van der Waals surface area contributed by atoms with Crippen LogP contribution in [-0.4, -0.2) is 61.2 Å². The topological polar surface area (TPSA) is 44.8 Å². The van der Waals surface area contributed by atoms with Crippen molar-refractivity contribution >= 4 is 6.03 Å². The predicted molar refractivity (Wildman–Crippen MR) is 129 cm³/mol. The first-order chi connectivity index (χ1) is 15.8. The second-order valence-corrected chi connectivity index (χ2v) is 9.04. The molecule has 0 bridgehead atoms. The number of benzene rings is 2. The van der Waals surface area contributed by atoms with Crippen LogP contribution < -0.4 is 5.32 Å². The second kappa shape index (κ2) is 12.0. The maximum absolute atomic E-state index is 12.8. The molecule has 5 nitrogen and oxygen atoms in total. The number of nitrogens with zero attached hydrogens (tertiary/aromatic N) is 2. The minimum Gasteiger partial charge on any atom is -0.364 e. The van der Waals surface area contributed by atoms with E-state index in [2.05, 4.69) is 58.7 Å². The van der Waals surface area contributed by atoms with E-state index in [1.807, 2.05) is 17.0 Å². The van der Waals surface area contributed by atoms with Gasteiger partial charge < -0.3 is 19.9 Å². The maximum Gasteiger partial charge on any atom is 0.317 e. The fraction of sp³-hybridized carbons (Fsp3) is 0.519. The molecule has 2 fully saturated rings. The molecule has 0 saturated carbocycles. The molecule has 2 saturated heterocycles. The van der Waals surface area contributed by atoms with Crippen molar-refractivity contribution in [3.8, 4) is 0 Å². The van der Waals surface area contributed by atoms with E-state index in [0.717, 1.165) is 50.0 Å². The third-order valence-electron chi connectivity index (χ3n) is 6.57. The van der Waals surface area contributed by atoms with E-state index >= 15 is 0 Å². The van der Waals surface area contributed by atoms with Gasteiger partial charge in [-0.15, -0.1) is 0 Å². The van der Waals surface area contributed by atoms with Crippen molar-refractivity contribution in [2.75, 3.05) is 39.3 Å². The van der Waals surface area contributed by atoms with Crippen molar-refractivity contribution in [3.05, 3.63) is 71.8 Å². The maximum atomic E-state index is 12.8. The van der Waals surface area contributed by atoms with E-state index in [4.69, 9.17) is 4.74 Å². The molecule has 2 aliphatic rings. The number of ether oxygens (including phenoxy) is 1. The van der Waals surface area contributed by atoms with Crippen LogP contribution in [0.2, 0.25) is 0 Å². The molecule has 0 aliphatic carbocycles. The van der Waals surface area contributed by atoms with Crippen LogP contribution in [0.15, 0.2) is 60.7 Å². The highest BCUT2D eigenvalue weighted by atomic mass is 16.5. The number of piperidine rings is 2. The zero-order valence-corrected chi connectivity index (χ0v) is 19.1. The van der Waals surface area contributed by atoms with Crippen molar-refractivity contribution in [1.82, 2.24) is 15.1 Å². The smallest absolute Gasteiger partial charge is 0.317 e. The van der Waals surface area contributed by atoms with Crippen LogP contribution in [0.3, 0.4) is 0 Å². The van der Waals surface area contributed by atoms with Gasteiger partial charge >= 0.3 is 6.03 Å². The molecule has 0 aromatic heterocycles. The van der Waals surface area contributed by atoms with Crippen LogP contribution >= 0.6 is 0 Å². The van der Waals surface area contributed by atoms with Gasteiger partial charge in [0.15, 0.2) is 0 Å². The first-order valence-corrected chi connectivity index (χ1v) is 12.3. The molecule has 4 rings (SSSR count). The summed E-state index contributed by atoms with van der Waals surface area (Å²) in [7, 11) is 0. The molecule has 1 N–H and O–H groups in total. The monoisotopic (exact) mass is 435 g/mol. The third-order valence-corrected chi connectivity index (χ3v) is 6.57. The molecule has 0 radical (unpaired) electrons. The lowest BCUT2D eigenvalue weighted by Gasteiger charge is -2.35. The molecule has 2 aromatic rings. The predicted octanol–water partition coefficient (Wildman–Crippen LogP) is 4.84. The number of carbonyl (C=O) groups is 1. The summed E-state index contributed by atoms with van der Waals surface area (Å²) in [6.07, 6.45) is 6.88. The van der Waals surface area contributed by atoms with Gasteiger partial charge in [-0.3, -0.25) is 0 Å². The zero-order valence-electron chi connectivity index (χ0n) is 19.1. The molecule has 0 spiro atoms. The fourth-order valence-corrected chi connectivity index (χ4v) is 4.82. The van der Waals surface area contributed by atoms with E-state index in [1.54, 1.807) is 0 Å². The largest absolute Gasteiger partial charge is 0.364 e. The third kappa shape index (κ3) is 6.57. The average molecular weight is 436 g/mol. The van der Waals surface area contributed by atoms with E-state index in [0.29, 0.717) is 6.54 Å². The summed E-state index contributed by atoms with van der Waals surface area (Å²) >= 11 is 0. The SMILES string of the molecule is O=C(NCCCN1CCCCC1)N1CCCC(OC(c2ccccc2)c2ccccc2)C1. The second-order valence-electron chi connectivity index (χ2n) is 9.04. The van der Waals surface area contributed by atoms with Gasteiger partial charge in [0.25, 0.3) is 0 Å². The van der Waals surface area contributed by atoms with Crippen LogP contribution in [0, 0.1) is 0 Å². The normalized spacial score (nSPS) is 19.8. The van der Waals surface area contributed by atoms with Gasteiger partial charge in [0.05, 0.1) is 6.10 Å². The number of carbonyl (C=O) groups excluding carboxylic acids is 1. The number of hydrogen-bond acceptors (Lipinski definition) is 3. The number of hydrogen-bond donors (Lipinski definition) is 1. The van der Waals surface area contributed by atoms with E-state index in [-0.39, 0.29) is 18.2 Å². The lowest BCUT2D eigenvalue weighted by molar-refractivity contribution is -0.0251. The highest BCUT2D eigenvalue weighted by Gasteiger charge is 2.27. The Balaban J connectivity index is 1.29. The Morgan fingerprint density at radius 2 is 1.56 bits per heavy atom. The Kier molecular flexibility index (Phi) is 8.57. The molecule has 2 heterocycles. The van der Waals surface area contributed by atoms with Gasteiger partial charge in [0, 0.05) is 19.6 Å². The molecule has 2 aromatic carbocycles. The number of likely N-dealkylation sites (tertiary alicyclic amines) is 2. The molecule has 1 unspecified atom stereocenters. The highest BCUT2D eigenvalue weighted by molar-refractivity contribution is 5.74. The molecule has 2 aliphatic heterocycles. The van der Waals surface area contributed by atoms with Crippen molar-refractivity contribution in [3.63, 3.8) is 0 Å². The Morgan fingerprint density at radius 3 is 2.22 bits per heavy atom. The summed E-state index contributed by atoms with van der Waals surface area (Å²) in [6, 6.07) is 20.8. The van der Waals surface area contributed by atoms with Gasteiger partial charge in [-0.2, -0.15) is 0 Å². The number of urea groups is 1. The van der Waals surface area contributed by atoms with Crippen molar-refractivity contribution < 1.29 is 9.53 Å². The summed E-state index contributed by atoms with van der Waals surface area (Å²) in [4.78, 5) is 17.2. The quantitative estimate of drug-likeness (QED) is 0.604. The molecule has 32 heavy (non-hydrogen) atoms. The highest BCUT2D eigenvalue weighted by Crippen LogP contribution is 2.29. The molecule has 172 valence electrons. The lowest BCUT2D eigenvalue weighted by Crippen LogP contribution is -2.48. The zero-order chi connectivity index (χ0) is 22.0. The molecular weight excluding hydrogens is 398 g/mol. The molecule has 1 atom stereocenters. The van der Waals surface area contributed by atoms with E-state index in [1.165, 1.54) is 32.4 Å². The van der Waals surface area contributed by atoms with Crippen LogP contribution in [0.4, 0.5) is 4.79 Å². The van der Waals surface area contributed by atoms with Crippen molar-refractivity contribution in [2.45, 2.75) is 50.7 Å². The fourth-order valence-electron chi connectivity index (χ4n) is 4.82. The summed E-state index contributed by atoms with van der Waals surface area (Å²) in [5.41, 5.74) is 2.30. The molecule has 2 amide bonds. The summed E-state index contributed by atoms with van der Waals surface area (Å²) in [5, 5.41) is 3.13. The number of nitrogens with one attached hydrogen (secondary N) is 1. The number of rotatable bonds is 8.